The van der Waals surface area contributed by atoms with Crippen LogP contribution in [-0.2, 0) is 4.79 Å². The second kappa shape index (κ2) is 11.8. The molecule has 0 N–H and O–H groups in total. The number of likely N-dealkylation sites (N-methyl/N-ethyl adjacent to an activating group) is 1. The summed E-state index contributed by atoms with van der Waals surface area (Å²) in [4.78, 5) is 22.1. The van der Waals surface area contributed by atoms with Crippen molar-refractivity contribution in [3.8, 4) is 5.75 Å². The minimum atomic E-state index is 0.277. The first kappa shape index (κ1) is 25.4. The van der Waals surface area contributed by atoms with Gasteiger partial charge in [-0.15, -0.1) is 0 Å². The number of unbranched alkanes of at least 4 members (excludes halogenated alkanes) is 1. The molecule has 6 heteroatoms. The normalized spacial score (nSPS) is 17.1. The molecule has 0 aromatic heterocycles. The van der Waals surface area contributed by atoms with Gasteiger partial charge in [0.25, 0.3) is 0 Å². The highest BCUT2D eigenvalue weighted by Gasteiger charge is 2.22. The number of hydrogen-bond acceptors (Lipinski definition) is 5. The summed E-state index contributed by atoms with van der Waals surface area (Å²) < 4.78 is 6.22. The van der Waals surface area contributed by atoms with Crippen LogP contribution >= 0.6 is 0 Å². The van der Waals surface area contributed by atoms with Crippen LogP contribution in [0.2, 0.25) is 0 Å². The molecule has 1 amide bonds. The minimum Gasteiger partial charge on any atom is -0.491 e. The Hall–Kier alpha value is -2.73. The van der Waals surface area contributed by atoms with Crippen molar-refractivity contribution in [2.75, 3.05) is 75.8 Å². The van der Waals surface area contributed by atoms with E-state index in [2.05, 4.69) is 78.9 Å². The largest absolute Gasteiger partial charge is 0.491 e. The molecule has 2 aromatic carbocycles. The van der Waals surface area contributed by atoms with E-state index in [1.54, 1.807) is 0 Å². The van der Waals surface area contributed by atoms with Crippen LogP contribution in [0.1, 0.15) is 36.0 Å². The van der Waals surface area contributed by atoms with E-state index >= 15 is 0 Å². The van der Waals surface area contributed by atoms with E-state index in [1.807, 2.05) is 4.90 Å². The molecule has 2 aromatic rings. The first-order valence-electron chi connectivity index (χ1n) is 13.2. The number of nitrogens with zero attached hydrogens (tertiary/aromatic N) is 4. The van der Waals surface area contributed by atoms with E-state index in [0.717, 1.165) is 70.9 Å². The monoisotopic (exact) mass is 478 g/mol. The molecule has 0 atom stereocenters. The summed E-state index contributed by atoms with van der Waals surface area (Å²) in [6, 6.07) is 12.8. The third-order valence-corrected chi connectivity index (χ3v) is 7.61. The van der Waals surface area contributed by atoms with Crippen LogP contribution in [0.25, 0.3) is 0 Å². The third-order valence-electron chi connectivity index (χ3n) is 7.61. The molecule has 0 aliphatic carbocycles. The van der Waals surface area contributed by atoms with Gasteiger partial charge in [0.15, 0.2) is 0 Å². The van der Waals surface area contributed by atoms with Crippen molar-refractivity contribution in [3.63, 3.8) is 0 Å². The van der Waals surface area contributed by atoms with Gasteiger partial charge in [-0.1, -0.05) is 24.3 Å². The molecular weight excluding hydrogens is 436 g/mol. The van der Waals surface area contributed by atoms with E-state index in [0.29, 0.717) is 13.0 Å². The Bertz CT molecular complexity index is 992. The molecule has 0 radical (unpaired) electrons. The number of benzene rings is 2. The number of carbonyl (C=O) groups excluding carboxylic acids is 1. The van der Waals surface area contributed by atoms with Crippen LogP contribution in [0, 0.1) is 20.8 Å². The van der Waals surface area contributed by atoms with Gasteiger partial charge in [0.1, 0.15) is 5.75 Å². The molecule has 2 heterocycles. The standard InChI is InChI=1S/C29H42N4O2/c1-23-9-7-11-26(25(23)3)31-18-20-32(21-19-31)28(34)13-5-6-22-35-27-12-8-10-24(2)29(27)33-16-14-30(4)15-17-33/h7-12H,5-6,13-22H2,1-4H3. The summed E-state index contributed by atoms with van der Waals surface area (Å²) in [6.45, 7) is 14.8. The number of hydrogen-bond donors (Lipinski definition) is 0. The summed E-state index contributed by atoms with van der Waals surface area (Å²) >= 11 is 0. The summed E-state index contributed by atoms with van der Waals surface area (Å²) in [6.07, 6.45) is 2.36. The molecule has 2 aliphatic heterocycles. The minimum absolute atomic E-state index is 0.277. The van der Waals surface area contributed by atoms with Gasteiger partial charge in [-0.05, 0) is 69.5 Å². The lowest BCUT2D eigenvalue weighted by Crippen LogP contribution is -2.49. The van der Waals surface area contributed by atoms with Crippen molar-refractivity contribution < 1.29 is 9.53 Å². The molecule has 6 nitrogen and oxygen atoms in total. The number of aryl methyl sites for hydroxylation is 2. The Labute approximate surface area is 211 Å². The van der Waals surface area contributed by atoms with Crippen LogP contribution in [0.4, 0.5) is 11.4 Å². The third kappa shape index (κ3) is 6.29. The predicted octanol–water partition coefficient (Wildman–Crippen LogP) is 4.26. The first-order chi connectivity index (χ1) is 16.9. The van der Waals surface area contributed by atoms with Crippen molar-refractivity contribution in [2.24, 2.45) is 0 Å². The Morgan fingerprint density at radius 2 is 1.46 bits per heavy atom. The van der Waals surface area contributed by atoms with E-state index in [-0.39, 0.29) is 5.91 Å². The van der Waals surface area contributed by atoms with Crippen LogP contribution in [0.3, 0.4) is 0 Å². The lowest BCUT2D eigenvalue weighted by Gasteiger charge is -2.37. The first-order valence-corrected chi connectivity index (χ1v) is 13.2. The average Bonchev–Trinajstić information content (AvgIpc) is 2.86. The second-order valence-corrected chi connectivity index (χ2v) is 10.1. The van der Waals surface area contributed by atoms with Crippen molar-refractivity contribution in [1.82, 2.24) is 9.80 Å². The van der Waals surface area contributed by atoms with Crippen molar-refractivity contribution in [2.45, 2.75) is 40.0 Å². The number of amides is 1. The lowest BCUT2D eigenvalue weighted by molar-refractivity contribution is -0.131. The van der Waals surface area contributed by atoms with Crippen molar-refractivity contribution >= 4 is 17.3 Å². The molecule has 0 saturated carbocycles. The molecule has 190 valence electrons. The quantitative estimate of drug-likeness (QED) is 0.530. The van der Waals surface area contributed by atoms with Gasteiger partial charge in [0, 0.05) is 64.5 Å². The highest BCUT2D eigenvalue weighted by molar-refractivity contribution is 5.76. The average molecular weight is 479 g/mol. The van der Waals surface area contributed by atoms with Crippen molar-refractivity contribution in [1.29, 1.82) is 0 Å². The number of piperazine rings is 2. The summed E-state index contributed by atoms with van der Waals surface area (Å²) in [7, 11) is 2.18. The summed E-state index contributed by atoms with van der Waals surface area (Å²) in [5.74, 6) is 1.25. The molecule has 35 heavy (non-hydrogen) atoms. The molecule has 0 spiro atoms. The second-order valence-electron chi connectivity index (χ2n) is 10.1. The van der Waals surface area contributed by atoms with E-state index in [9.17, 15) is 4.79 Å². The maximum atomic E-state index is 12.8. The molecule has 0 unspecified atom stereocenters. The zero-order valence-corrected chi connectivity index (χ0v) is 22.1. The van der Waals surface area contributed by atoms with Gasteiger partial charge in [-0.25, -0.2) is 0 Å². The SMILES string of the molecule is Cc1cccc(N2CCN(C(=O)CCCCOc3cccc(C)c3N3CCN(C)CC3)CC2)c1C. The number of para-hydroxylation sites is 1. The molecular formula is C29H42N4O2. The molecule has 0 bridgehead atoms. The molecule has 4 rings (SSSR count). The number of ether oxygens (including phenoxy) is 1. The Morgan fingerprint density at radius 3 is 2.20 bits per heavy atom. The van der Waals surface area contributed by atoms with Gasteiger partial charge < -0.3 is 24.3 Å². The summed E-state index contributed by atoms with van der Waals surface area (Å²) in [5, 5.41) is 0. The van der Waals surface area contributed by atoms with Gasteiger partial charge in [0.2, 0.25) is 5.91 Å². The fraction of sp³-hybridized carbons (Fsp3) is 0.552. The van der Waals surface area contributed by atoms with Gasteiger partial charge >= 0.3 is 0 Å². The van der Waals surface area contributed by atoms with Crippen LogP contribution in [0.15, 0.2) is 36.4 Å². The Balaban J connectivity index is 1.19. The number of anilines is 2. The summed E-state index contributed by atoms with van der Waals surface area (Å²) in [5.41, 5.74) is 6.48. The van der Waals surface area contributed by atoms with Crippen molar-refractivity contribution in [3.05, 3.63) is 53.1 Å². The zero-order chi connectivity index (χ0) is 24.8. The smallest absolute Gasteiger partial charge is 0.222 e. The molecule has 2 saturated heterocycles. The molecule has 2 fully saturated rings. The van der Waals surface area contributed by atoms with E-state index in [4.69, 9.17) is 4.74 Å². The maximum absolute atomic E-state index is 12.8. The van der Waals surface area contributed by atoms with Crippen LogP contribution in [-0.4, -0.2) is 81.7 Å². The van der Waals surface area contributed by atoms with Crippen LogP contribution < -0.4 is 14.5 Å². The number of carbonyl (C=O) groups is 1. The van der Waals surface area contributed by atoms with Crippen LogP contribution in [0.5, 0.6) is 5.75 Å². The highest BCUT2D eigenvalue weighted by Crippen LogP contribution is 2.33. The highest BCUT2D eigenvalue weighted by atomic mass is 16.5. The Kier molecular flexibility index (Phi) is 8.55. The molecule has 2 aliphatic rings. The zero-order valence-electron chi connectivity index (χ0n) is 22.1. The van der Waals surface area contributed by atoms with Gasteiger partial charge in [-0.3, -0.25) is 4.79 Å². The fourth-order valence-electron chi connectivity index (χ4n) is 5.18. The maximum Gasteiger partial charge on any atom is 0.222 e. The fourth-order valence-corrected chi connectivity index (χ4v) is 5.18. The Morgan fingerprint density at radius 1 is 0.800 bits per heavy atom. The van der Waals surface area contributed by atoms with E-state index in [1.165, 1.54) is 28.1 Å². The van der Waals surface area contributed by atoms with E-state index < -0.39 is 0 Å². The number of rotatable bonds is 8. The van der Waals surface area contributed by atoms with Gasteiger partial charge in [0.05, 0.1) is 12.3 Å². The topological polar surface area (TPSA) is 39.3 Å². The van der Waals surface area contributed by atoms with Gasteiger partial charge in [-0.2, -0.15) is 0 Å². The lowest BCUT2D eigenvalue weighted by atomic mass is 10.1. The predicted molar refractivity (Wildman–Crippen MR) is 145 cm³/mol.